The van der Waals surface area contributed by atoms with Crippen LogP contribution in [0.15, 0.2) is 109 Å². The van der Waals surface area contributed by atoms with Gasteiger partial charge in [0.1, 0.15) is 11.8 Å². The first-order valence-corrected chi connectivity index (χ1v) is 15.0. The van der Waals surface area contributed by atoms with E-state index in [1.54, 1.807) is 48.5 Å². The highest BCUT2D eigenvalue weighted by atomic mass is 16.5. The van der Waals surface area contributed by atoms with E-state index >= 15 is 0 Å². The lowest BCUT2D eigenvalue weighted by molar-refractivity contribution is -0.137. The molecule has 1 unspecified atom stereocenters. The number of benzene rings is 4. The van der Waals surface area contributed by atoms with Gasteiger partial charge in [-0.25, -0.2) is 9.59 Å². The highest BCUT2D eigenvalue weighted by Gasteiger charge is 2.23. The summed E-state index contributed by atoms with van der Waals surface area (Å²) in [5, 5.41) is 13.0. The predicted molar refractivity (Wildman–Crippen MR) is 169 cm³/mol. The fraction of sp³-hybridized carbons (Fsp3) is 0.278. The number of rotatable bonds is 14. The van der Waals surface area contributed by atoms with Gasteiger partial charge in [-0.1, -0.05) is 73.5 Å². The largest absolute Gasteiger partial charge is 0.494 e. The summed E-state index contributed by atoms with van der Waals surface area (Å²) >= 11 is 0. The second-order valence-corrected chi connectivity index (χ2v) is 10.8. The van der Waals surface area contributed by atoms with Crippen molar-refractivity contribution >= 4 is 23.3 Å². The summed E-state index contributed by atoms with van der Waals surface area (Å²) in [5.74, 6) is -0.489. The standard InChI is InChI=1S/C36H38N2O5/c39-35(40)33(37-32-18-9-10-19-34(32)43-36(41)28-12-3-1-4-13-28)26-27-20-22-31(23-21-27)42-25-11-24-38(30-16-7-8-17-30)29-14-5-2-6-15-29/h1-6,9-10,12-15,18-23,30,33,37H,7-8,11,16-17,24-26H2,(H,39,40). The Morgan fingerprint density at radius 1 is 0.837 bits per heavy atom. The van der Waals surface area contributed by atoms with Crippen molar-refractivity contribution in [3.05, 3.63) is 120 Å². The molecule has 2 N–H and O–H groups in total. The Hall–Kier alpha value is -4.78. The minimum atomic E-state index is -1.00. The topological polar surface area (TPSA) is 88.1 Å². The van der Waals surface area contributed by atoms with Crippen molar-refractivity contribution in [3.8, 4) is 11.5 Å². The van der Waals surface area contributed by atoms with Crippen LogP contribution in [-0.4, -0.2) is 42.3 Å². The number of carboxylic acid groups (broad SMARTS) is 1. The van der Waals surface area contributed by atoms with E-state index in [-0.39, 0.29) is 12.2 Å². The lowest BCUT2D eigenvalue weighted by atomic mass is 10.1. The van der Waals surface area contributed by atoms with E-state index in [9.17, 15) is 14.7 Å². The number of hydrogen-bond acceptors (Lipinski definition) is 6. The van der Waals surface area contributed by atoms with Crippen molar-refractivity contribution in [2.75, 3.05) is 23.4 Å². The van der Waals surface area contributed by atoms with Crippen LogP contribution < -0.4 is 19.7 Å². The number of ether oxygens (including phenoxy) is 2. The number of nitrogens with zero attached hydrogens (tertiary/aromatic N) is 1. The number of esters is 1. The molecule has 0 amide bonds. The Balaban J connectivity index is 1.14. The second-order valence-electron chi connectivity index (χ2n) is 10.8. The third-order valence-electron chi connectivity index (χ3n) is 7.76. The van der Waals surface area contributed by atoms with E-state index in [2.05, 4.69) is 40.5 Å². The molecule has 1 fully saturated rings. The first kappa shape index (κ1) is 29.7. The molecule has 0 aliphatic heterocycles. The summed E-state index contributed by atoms with van der Waals surface area (Å²) in [6, 6.07) is 33.4. The number of para-hydroxylation sites is 3. The van der Waals surface area contributed by atoms with Crippen molar-refractivity contribution in [1.29, 1.82) is 0 Å². The Bertz CT molecular complexity index is 1450. The fourth-order valence-corrected chi connectivity index (χ4v) is 5.54. The van der Waals surface area contributed by atoms with E-state index in [4.69, 9.17) is 9.47 Å². The van der Waals surface area contributed by atoms with Crippen LogP contribution in [0.3, 0.4) is 0 Å². The molecule has 0 spiro atoms. The summed E-state index contributed by atoms with van der Waals surface area (Å²) < 4.78 is 11.6. The summed E-state index contributed by atoms with van der Waals surface area (Å²) in [6.07, 6.45) is 6.23. The van der Waals surface area contributed by atoms with Crippen LogP contribution in [0.25, 0.3) is 0 Å². The molecule has 1 atom stereocenters. The van der Waals surface area contributed by atoms with Crippen LogP contribution in [0.1, 0.15) is 48.0 Å². The molecule has 43 heavy (non-hydrogen) atoms. The zero-order valence-corrected chi connectivity index (χ0v) is 24.2. The summed E-state index contributed by atoms with van der Waals surface area (Å²) in [5.41, 5.74) is 2.97. The molecule has 1 aliphatic rings. The first-order chi connectivity index (χ1) is 21.1. The smallest absolute Gasteiger partial charge is 0.343 e. The molecule has 0 radical (unpaired) electrons. The molecule has 1 aliphatic carbocycles. The van der Waals surface area contributed by atoms with Crippen LogP contribution in [0.4, 0.5) is 11.4 Å². The van der Waals surface area contributed by atoms with E-state index in [0.29, 0.717) is 23.9 Å². The van der Waals surface area contributed by atoms with Gasteiger partial charge in [-0.2, -0.15) is 0 Å². The maximum Gasteiger partial charge on any atom is 0.343 e. The van der Waals surface area contributed by atoms with Gasteiger partial charge in [0.25, 0.3) is 0 Å². The number of carbonyl (C=O) groups excluding carboxylic acids is 1. The van der Waals surface area contributed by atoms with Gasteiger partial charge in [-0.05, 0) is 73.4 Å². The average Bonchev–Trinajstić information content (AvgIpc) is 3.58. The summed E-state index contributed by atoms with van der Waals surface area (Å²) in [6.45, 7) is 1.55. The molecule has 7 heteroatoms. The minimum absolute atomic E-state index is 0.240. The third-order valence-corrected chi connectivity index (χ3v) is 7.76. The lowest BCUT2D eigenvalue weighted by Crippen LogP contribution is -2.34. The molecular weight excluding hydrogens is 540 g/mol. The molecule has 0 bridgehead atoms. The molecular formula is C36H38N2O5. The van der Waals surface area contributed by atoms with Crippen molar-refractivity contribution in [1.82, 2.24) is 0 Å². The van der Waals surface area contributed by atoms with E-state index in [0.717, 1.165) is 24.3 Å². The maximum atomic E-state index is 12.6. The van der Waals surface area contributed by atoms with Gasteiger partial charge >= 0.3 is 11.9 Å². The van der Waals surface area contributed by atoms with E-state index in [1.165, 1.54) is 31.4 Å². The van der Waals surface area contributed by atoms with E-state index < -0.39 is 18.0 Å². The number of carboxylic acids is 1. The van der Waals surface area contributed by atoms with Gasteiger partial charge in [0, 0.05) is 24.7 Å². The van der Waals surface area contributed by atoms with Crippen molar-refractivity contribution < 1.29 is 24.2 Å². The number of aliphatic carboxylic acids is 1. The molecule has 7 nitrogen and oxygen atoms in total. The fourth-order valence-electron chi connectivity index (χ4n) is 5.54. The van der Waals surface area contributed by atoms with Gasteiger partial charge in [0.05, 0.1) is 17.9 Å². The molecule has 0 heterocycles. The zero-order chi connectivity index (χ0) is 29.9. The third kappa shape index (κ3) is 8.38. The van der Waals surface area contributed by atoms with Gasteiger partial charge in [-0.15, -0.1) is 0 Å². The molecule has 4 aromatic rings. The molecule has 1 saturated carbocycles. The summed E-state index contributed by atoms with van der Waals surface area (Å²) in [4.78, 5) is 27.3. The predicted octanol–water partition coefficient (Wildman–Crippen LogP) is 7.23. The number of anilines is 2. The number of nitrogens with one attached hydrogen (secondary N) is 1. The average molecular weight is 579 g/mol. The lowest BCUT2D eigenvalue weighted by Gasteiger charge is -2.31. The highest BCUT2D eigenvalue weighted by molar-refractivity contribution is 5.92. The Morgan fingerprint density at radius 3 is 2.19 bits per heavy atom. The number of hydrogen-bond donors (Lipinski definition) is 2. The summed E-state index contributed by atoms with van der Waals surface area (Å²) in [7, 11) is 0. The van der Waals surface area contributed by atoms with Crippen LogP contribution in [0, 0.1) is 0 Å². The monoisotopic (exact) mass is 578 g/mol. The SMILES string of the molecule is O=C(Oc1ccccc1NC(Cc1ccc(OCCCN(c2ccccc2)C2CCCC2)cc1)C(=O)O)c1ccccc1. The molecule has 4 aromatic carbocycles. The van der Waals surface area contributed by atoms with Gasteiger partial charge in [0.15, 0.2) is 5.75 Å². The van der Waals surface area contributed by atoms with Gasteiger partial charge in [0.2, 0.25) is 0 Å². The van der Waals surface area contributed by atoms with Crippen molar-refractivity contribution in [2.24, 2.45) is 0 Å². The normalized spacial score (nSPS) is 13.7. The van der Waals surface area contributed by atoms with Gasteiger partial charge in [-0.3, -0.25) is 0 Å². The molecule has 222 valence electrons. The minimum Gasteiger partial charge on any atom is -0.494 e. The first-order valence-electron chi connectivity index (χ1n) is 15.0. The Kier molecular flexibility index (Phi) is 10.3. The molecule has 0 aromatic heterocycles. The van der Waals surface area contributed by atoms with Crippen LogP contribution >= 0.6 is 0 Å². The molecule has 0 saturated heterocycles. The maximum absolute atomic E-state index is 12.6. The van der Waals surface area contributed by atoms with Crippen molar-refractivity contribution in [2.45, 2.75) is 50.6 Å². The van der Waals surface area contributed by atoms with Crippen LogP contribution in [0.5, 0.6) is 11.5 Å². The van der Waals surface area contributed by atoms with Gasteiger partial charge < -0.3 is 24.8 Å². The number of carbonyl (C=O) groups is 2. The quantitative estimate of drug-likeness (QED) is 0.0927. The highest BCUT2D eigenvalue weighted by Crippen LogP contribution is 2.29. The van der Waals surface area contributed by atoms with Crippen LogP contribution in [-0.2, 0) is 11.2 Å². The molecule has 5 rings (SSSR count). The Morgan fingerprint density at radius 2 is 1.49 bits per heavy atom. The van der Waals surface area contributed by atoms with E-state index in [1.807, 2.05) is 30.3 Å². The Labute approximate surface area is 253 Å². The van der Waals surface area contributed by atoms with Crippen LogP contribution in [0.2, 0.25) is 0 Å². The zero-order valence-electron chi connectivity index (χ0n) is 24.2. The van der Waals surface area contributed by atoms with Crippen molar-refractivity contribution in [3.63, 3.8) is 0 Å². The second kappa shape index (κ2) is 14.9.